The smallest absolute Gasteiger partial charge is 0.410 e. The zero-order valence-electron chi connectivity index (χ0n) is 28.8. The number of likely N-dealkylation sites (tertiary alicyclic amines) is 2. The maximum absolute atomic E-state index is 16.2. The second-order valence-electron chi connectivity index (χ2n) is 15.3. The van der Waals surface area contributed by atoms with Crippen LogP contribution in [0.1, 0.15) is 88.7 Å². The second kappa shape index (κ2) is 12.1. The number of halogens is 2. The highest BCUT2D eigenvalue weighted by Gasteiger charge is 2.48. The van der Waals surface area contributed by atoms with Crippen LogP contribution in [-0.2, 0) is 15.5 Å². The normalized spacial score (nSPS) is 23.5. The number of anilines is 1. The first kappa shape index (κ1) is 33.2. The quantitative estimate of drug-likeness (QED) is 0.196. The average molecular weight is 698 g/mol. The lowest BCUT2D eigenvalue weighted by molar-refractivity contribution is -0.120. The van der Waals surface area contributed by atoms with E-state index in [1.807, 2.05) is 45.0 Å². The molecular weight excluding hydrogens is 656 g/mol. The van der Waals surface area contributed by atoms with Crippen LogP contribution in [0.25, 0.3) is 33.3 Å². The van der Waals surface area contributed by atoms with Crippen LogP contribution in [0.4, 0.5) is 24.1 Å². The number of rotatable bonds is 4. The topological polar surface area (TPSA) is 128 Å². The van der Waals surface area contributed by atoms with Gasteiger partial charge in [-0.2, -0.15) is 8.78 Å². The number of alkyl halides is 2. The zero-order chi connectivity index (χ0) is 35.8. The first-order valence-electron chi connectivity index (χ1n) is 17.8. The molecule has 3 heterocycles. The first-order valence-corrected chi connectivity index (χ1v) is 17.8. The fourth-order valence-electron chi connectivity index (χ4n) is 8.63. The third-order valence-corrected chi connectivity index (χ3v) is 10.9. The summed E-state index contributed by atoms with van der Waals surface area (Å²) >= 11 is 0. The summed E-state index contributed by atoms with van der Waals surface area (Å²) in [5.74, 6) is -3.02. The molecule has 3 aromatic carbocycles. The summed E-state index contributed by atoms with van der Waals surface area (Å²) in [6.45, 7) is 6.08. The molecule has 3 unspecified atom stereocenters. The zero-order valence-corrected chi connectivity index (χ0v) is 28.8. The Bertz CT molecular complexity index is 2070. The van der Waals surface area contributed by atoms with Gasteiger partial charge >= 0.3 is 12.2 Å². The highest BCUT2D eigenvalue weighted by molar-refractivity contribution is 5.98. The Balaban J connectivity index is 1.03. The van der Waals surface area contributed by atoms with Gasteiger partial charge in [-0.1, -0.05) is 37.1 Å². The van der Waals surface area contributed by atoms with Gasteiger partial charge < -0.3 is 20.1 Å². The predicted molar refractivity (Wildman–Crippen MR) is 188 cm³/mol. The van der Waals surface area contributed by atoms with E-state index < -0.39 is 29.6 Å². The van der Waals surface area contributed by atoms with Crippen molar-refractivity contribution in [3.63, 3.8) is 0 Å². The molecule has 8 rings (SSSR count). The summed E-state index contributed by atoms with van der Waals surface area (Å²) in [6, 6.07) is 13.8. The van der Waals surface area contributed by atoms with Crippen LogP contribution >= 0.6 is 0 Å². The third kappa shape index (κ3) is 5.78. The lowest BCUT2D eigenvalue weighted by Gasteiger charge is -2.31. The second-order valence-corrected chi connectivity index (χ2v) is 15.3. The number of imidazole rings is 1. The summed E-state index contributed by atoms with van der Waals surface area (Å²) < 4.78 is 38.0. The van der Waals surface area contributed by atoms with Crippen LogP contribution < -0.4 is 5.32 Å². The molecule has 3 N–H and O–H groups in total. The molecule has 4 atom stereocenters. The third-order valence-electron chi connectivity index (χ3n) is 10.9. The SMILES string of the molecule is CC(C)(C)OC(=O)N1CCCC1c1nc2cc(-c3ccc4c(c3)C(F)(F)c3cc(NC(=O)C5CC6CCCC[C@@H]6N5C(=O)O)ccc3-4)ccc2[nH]1. The van der Waals surface area contributed by atoms with Crippen LogP contribution in [0.3, 0.4) is 0 Å². The molecule has 0 spiro atoms. The minimum atomic E-state index is -3.33. The summed E-state index contributed by atoms with van der Waals surface area (Å²) in [4.78, 5) is 49.5. The van der Waals surface area contributed by atoms with Crippen LogP contribution in [0.2, 0.25) is 0 Å². The Morgan fingerprint density at radius 3 is 2.41 bits per heavy atom. The highest BCUT2D eigenvalue weighted by Crippen LogP contribution is 2.52. The highest BCUT2D eigenvalue weighted by atomic mass is 19.3. The Hall–Kier alpha value is -5.00. The fraction of sp³-hybridized carbons (Fsp3) is 0.436. The molecule has 4 aromatic rings. The number of nitrogens with one attached hydrogen (secondary N) is 2. The van der Waals surface area contributed by atoms with Crippen LogP contribution in [0, 0.1) is 5.92 Å². The molecule has 10 nitrogen and oxygen atoms in total. The van der Waals surface area contributed by atoms with E-state index in [0.717, 1.165) is 49.6 Å². The number of carbonyl (C=O) groups is 3. The van der Waals surface area contributed by atoms with Crippen molar-refractivity contribution in [2.45, 2.75) is 95.4 Å². The summed E-state index contributed by atoms with van der Waals surface area (Å²) in [6.07, 6.45) is 4.08. The predicted octanol–water partition coefficient (Wildman–Crippen LogP) is 8.67. The van der Waals surface area contributed by atoms with E-state index in [0.29, 0.717) is 41.0 Å². The van der Waals surface area contributed by atoms with Crippen molar-refractivity contribution >= 4 is 34.8 Å². The van der Waals surface area contributed by atoms with E-state index in [9.17, 15) is 19.5 Å². The van der Waals surface area contributed by atoms with Crippen molar-refractivity contribution in [1.29, 1.82) is 0 Å². The lowest BCUT2D eigenvalue weighted by Crippen LogP contribution is -2.47. The van der Waals surface area contributed by atoms with E-state index >= 15 is 8.78 Å². The van der Waals surface area contributed by atoms with Crippen molar-refractivity contribution in [2.75, 3.05) is 11.9 Å². The van der Waals surface area contributed by atoms with Gasteiger partial charge in [-0.15, -0.1) is 0 Å². The average Bonchev–Trinajstić information content (AvgIpc) is 3.86. The van der Waals surface area contributed by atoms with Crippen molar-refractivity contribution in [3.8, 4) is 22.3 Å². The Morgan fingerprint density at radius 1 is 0.941 bits per heavy atom. The van der Waals surface area contributed by atoms with Gasteiger partial charge in [0.25, 0.3) is 5.92 Å². The van der Waals surface area contributed by atoms with Crippen LogP contribution in [-0.4, -0.2) is 67.2 Å². The number of aromatic nitrogens is 2. The number of fused-ring (bicyclic) bond motifs is 5. The van der Waals surface area contributed by atoms with Gasteiger partial charge in [0.05, 0.1) is 17.1 Å². The minimum absolute atomic E-state index is 0.128. The molecule has 3 amide bonds. The molecule has 4 aliphatic rings. The van der Waals surface area contributed by atoms with Crippen molar-refractivity contribution < 1.29 is 33.0 Å². The largest absolute Gasteiger partial charge is 0.465 e. The molecule has 2 aliphatic heterocycles. The maximum Gasteiger partial charge on any atom is 0.410 e. The molecule has 0 radical (unpaired) electrons. The Morgan fingerprint density at radius 2 is 1.65 bits per heavy atom. The van der Waals surface area contributed by atoms with Gasteiger partial charge in [0.2, 0.25) is 5.91 Å². The number of hydrogen-bond acceptors (Lipinski definition) is 5. The number of benzene rings is 3. The van der Waals surface area contributed by atoms with Crippen LogP contribution in [0.15, 0.2) is 54.6 Å². The summed E-state index contributed by atoms with van der Waals surface area (Å²) in [5.41, 5.74) is 2.83. The fourth-order valence-corrected chi connectivity index (χ4v) is 8.63. The van der Waals surface area contributed by atoms with Gasteiger partial charge in [0.15, 0.2) is 0 Å². The molecule has 1 saturated carbocycles. The first-order chi connectivity index (χ1) is 24.3. The van der Waals surface area contributed by atoms with E-state index in [-0.39, 0.29) is 40.9 Å². The summed E-state index contributed by atoms with van der Waals surface area (Å²) in [5, 5.41) is 12.7. The monoisotopic (exact) mass is 697 g/mol. The molecule has 0 bridgehead atoms. The van der Waals surface area contributed by atoms with Gasteiger partial charge in [-0.3, -0.25) is 14.6 Å². The number of carboxylic acid groups (broad SMARTS) is 1. The molecular formula is C39H41F2N5O5. The molecule has 1 aromatic heterocycles. The number of hydrogen-bond donors (Lipinski definition) is 3. The van der Waals surface area contributed by atoms with E-state index in [2.05, 4.69) is 10.3 Å². The lowest BCUT2D eigenvalue weighted by atomic mass is 9.85. The minimum Gasteiger partial charge on any atom is -0.465 e. The van der Waals surface area contributed by atoms with E-state index in [1.54, 1.807) is 23.1 Å². The Labute approximate surface area is 294 Å². The van der Waals surface area contributed by atoms with E-state index in [4.69, 9.17) is 9.72 Å². The van der Waals surface area contributed by atoms with Gasteiger partial charge in [-0.05, 0) is 111 Å². The molecule has 2 aliphatic carbocycles. The molecule has 2 saturated heterocycles. The van der Waals surface area contributed by atoms with Gasteiger partial charge in [0.1, 0.15) is 17.5 Å². The van der Waals surface area contributed by atoms with Crippen LogP contribution in [0.5, 0.6) is 0 Å². The Kier molecular flexibility index (Phi) is 7.84. The number of carbonyl (C=O) groups excluding carboxylic acids is 2. The molecule has 3 fully saturated rings. The number of amides is 3. The number of ether oxygens (including phenoxy) is 1. The van der Waals surface area contributed by atoms with E-state index in [1.165, 1.54) is 17.0 Å². The van der Waals surface area contributed by atoms with Crippen molar-refractivity contribution in [3.05, 3.63) is 71.5 Å². The molecule has 12 heteroatoms. The van der Waals surface area contributed by atoms with Crippen molar-refractivity contribution in [1.82, 2.24) is 19.8 Å². The number of nitrogens with zero attached hydrogens (tertiary/aromatic N) is 3. The van der Waals surface area contributed by atoms with Gasteiger partial charge in [-0.25, -0.2) is 14.6 Å². The number of aromatic amines is 1. The standard InChI is InChI=1S/C39H41F2N5O5/c1-38(2,3)51-37(50)45-16-6-9-32(45)34-43-29-15-11-22(18-30(29)44-34)21-10-13-25-26-14-12-24(20-28(26)39(40,41)27(25)17-21)42-35(47)33-19-23-7-4-5-8-31(23)46(33)36(48)49/h10-15,17-18,20,23,31-33H,4-9,16,19H2,1-3H3,(H,42,47)(H,43,44)(H,48,49)/t23?,31-,32?,33?/m0/s1. The molecule has 266 valence electrons. The van der Waals surface area contributed by atoms with Gasteiger partial charge in [0, 0.05) is 29.4 Å². The number of H-pyrrole nitrogens is 1. The maximum atomic E-state index is 16.2. The van der Waals surface area contributed by atoms with Crippen molar-refractivity contribution in [2.24, 2.45) is 5.92 Å². The summed E-state index contributed by atoms with van der Waals surface area (Å²) in [7, 11) is 0. The molecule has 51 heavy (non-hydrogen) atoms.